The van der Waals surface area contributed by atoms with Crippen molar-refractivity contribution in [2.75, 3.05) is 0 Å². The Morgan fingerprint density at radius 1 is 0.778 bits per heavy atom. The average molecular weight is 427 g/mol. The van der Waals surface area contributed by atoms with Crippen LogP contribution < -0.4 is 0 Å². The van der Waals surface area contributed by atoms with Crippen LogP contribution in [0.15, 0.2) is 83.3 Å². The molecule has 0 bridgehead atoms. The van der Waals surface area contributed by atoms with Crippen molar-refractivity contribution in [2.24, 2.45) is 0 Å². The Kier molecular flexibility index (Phi) is 4.70. The van der Waals surface area contributed by atoms with Gasteiger partial charge in [-0.15, -0.1) is 29.0 Å². The van der Waals surface area contributed by atoms with Gasteiger partial charge in [-0.2, -0.15) is 0 Å². The second-order valence-electron chi connectivity index (χ2n) is 6.94. The van der Waals surface area contributed by atoms with E-state index in [-0.39, 0.29) is 26.2 Å². The molecule has 1 nitrogen and oxygen atoms in total. The fourth-order valence-electron chi connectivity index (χ4n) is 3.92. The predicted molar refractivity (Wildman–Crippen MR) is 110 cm³/mol. The van der Waals surface area contributed by atoms with Gasteiger partial charge in [0.15, 0.2) is 0 Å². The van der Waals surface area contributed by atoms with Crippen molar-refractivity contribution in [3.63, 3.8) is 0 Å². The third-order valence-electron chi connectivity index (χ3n) is 5.18. The number of furan rings is 1. The van der Waals surface area contributed by atoms with Gasteiger partial charge in [0.05, 0.1) is 11.5 Å². The molecule has 0 fully saturated rings. The van der Waals surface area contributed by atoms with Crippen LogP contribution in [0.25, 0.3) is 44.0 Å². The number of benzene rings is 3. The summed E-state index contributed by atoms with van der Waals surface area (Å²) in [6.07, 6.45) is 0. The maximum Gasteiger partial charge on any atom is 0.0896 e. The molecule has 5 rings (SSSR count). The van der Waals surface area contributed by atoms with E-state index in [1.54, 1.807) is 0 Å². The van der Waals surface area contributed by atoms with Crippen LogP contribution in [0.3, 0.4) is 0 Å². The maximum atomic E-state index is 5.85. The largest absolute Gasteiger partial charge is 0.496 e. The topological polar surface area (TPSA) is 13.1 Å². The molecule has 0 unspecified atom stereocenters. The Morgan fingerprint density at radius 3 is 2.41 bits per heavy atom. The van der Waals surface area contributed by atoms with Crippen molar-refractivity contribution in [2.45, 2.75) is 13.8 Å². The van der Waals surface area contributed by atoms with E-state index >= 15 is 0 Å². The molecule has 0 spiro atoms. The number of hydrogen-bond donors (Lipinski definition) is 0. The predicted octanol–water partition coefficient (Wildman–Crippen LogP) is 7.25. The Bertz CT molecular complexity index is 1250. The van der Waals surface area contributed by atoms with Crippen molar-refractivity contribution >= 4 is 21.5 Å². The fraction of sp³-hybridized carbons (Fsp3) is 0.0800. The van der Waals surface area contributed by atoms with Crippen LogP contribution in [0, 0.1) is 13.8 Å². The SMILES string of the molecule is Cc1ccc(-c2cc3c(-c4cccc5ccccc45)c(C)ccc3[cH-]2)o1.[Zr]. The zero-order valence-electron chi connectivity index (χ0n) is 15.4. The summed E-state index contributed by atoms with van der Waals surface area (Å²) in [6.45, 7) is 4.18. The summed E-state index contributed by atoms with van der Waals surface area (Å²) in [5.74, 6) is 1.87. The summed E-state index contributed by atoms with van der Waals surface area (Å²) >= 11 is 0. The molecule has 0 aliphatic rings. The second kappa shape index (κ2) is 7.02. The van der Waals surface area contributed by atoms with Gasteiger partial charge in [-0.05, 0) is 47.9 Å². The molecule has 1 heterocycles. The van der Waals surface area contributed by atoms with Crippen LogP contribution in [-0.4, -0.2) is 0 Å². The van der Waals surface area contributed by atoms with E-state index in [0.29, 0.717) is 0 Å². The second-order valence-corrected chi connectivity index (χ2v) is 6.94. The van der Waals surface area contributed by atoms with E-state index in [1.165, 1.54) is 38.2 Å². The van der Waals surface area contributed by atoms with Crippen LogP contribution in [0.4, 0.5) is 0 Å². The first-order chi connectivity index (χ1) is 12.7. The van der Waals surface area contributed by atoms with Crippen molar-refractivity contribution in [3.8, 4) is 22.5 Å². The molecular formula is C25H19OZr-. The Morgan fingerprint density at radius 2 is 1.59 bits per heavy atom. The van der Waals surface area contributed by atoms with Crippen LogP contribution in [0.1, 0.15) is 11.3 Å². The molecule has 4 aromatic carbocycles. The van der Waals surface area contributed by atoms with Gasteiger partial charge in [0.2, 0.25) is 0 Å². The Labute approximate surface area is 178 Å². The smallest absolute Gasteiger partial charge is 0.0896 e. The van der Waals surface area contributed by atoms with Crippen LogP contribution in [-0.2, 0) is 26.2 Å². The normalized spacial score (nSPS) is 11.0. The van der Waals surface area contributed by atoms with Crippen molar-refractivity contribution in [3.05, 3.63) is 90.2 Å². The minimum absolute atomic E-state index is 0. The molecule has 5 aromatic rings. The Hall–Kier alpha value is -2.31. The molecule has 0 aliphatic carbocycles. The van der Waals surface area contributed by atoms with E-state index < -0.39 is 0 Å². The standard InChI is InChI=1S/C25H19O.Zr/c1-16-10-12-19-14-20(24-13-11-17(2)26-24)15-23(19)25(16)22-9-5-7-18-6-3-4-8-21(18)22;/h3-15H,1-2H3;/q-1;. The zero-order chi connectivity index (χ0) is 17.7. The Balaban J connectivity index is 0.00000180. The quantitative estimate of drug-likeness (QED) is 0.271. The summed E-state index contributed by atoms with van der Waals surface area (Å²) in [6, 6.07) is 28.1. The summed E-state index contributed by atoms with van der Waals surface area (Å²) < 4.78 is 5.85. The van der Waals surface area contributed by atoms with Gasteiger partial charge in [0.1, 0.15) is 0 Å². The fourth-order valence-corrected chi connectivity index (χ4v) is 3.92. The van der Waals surface area contributed by atoms with Crippen LogP contribution >= 0.6 is 0 Å². The summed E-state index contributed by atoms with van der Waals surface area (Å²) in [5.41, 5.74) is 5.04. The van der Waals surface area contributed by atoms with Crippen LogP contribution in [0.5, 0.6) is 0 Å². The molecular weight excluding hydrogens is 407 g/mol. The summed E-state index contributed by atoms with van der Waals surface area (Å²) in [4.78, 5) is 0. The van der Waals surface area contributed by atoms with Gasteiger partial charge in [-0.25, -0.2) is 0 Å². The van der Waals surface area contributed by atoms with Gasteiger partial charge in [-0.1, -0.05) is 59.7 Å². The summed E-state index contributed by atoms with van der Waals surface area (Å²) in [7, 11) is 0. The van der Waals surface area contributed by atoms with Gasteiger partial charge < -0.3 is 4.42 Å². The number of rotatable bonds is 2. The molecule has 130 valence electrons. The van der Waals surface area contributed by atoms with Gasteiger partial charge in [0, 0.05) is 26.2 Å². The van der Waals surface area contributed by atoms with Gasteiger partial charge >= 0.3 is 0 Å². The number of hydrogen-bond acceptors (Lipinski definition) is 1. The molecule has 0 radical (unpaired) electrons. The molecule has 0 amide bonds. The minimum atomic E-state index is 0. The zero-order valence-corrected chi connectivity index (χ0v) is 17.9. The van der Waals surface area contributed by atoms with E-state index in [4.69, 9.17) is 4.42 Å². The number of fused-ring (bicyclic) bond motifs is 2. The number of aryl methyl sites for hydroxylation is 2. The minimum Gasteiger partial charge on any atom is -0.496 e. The van der Waals surface area contributed by atoms with Crippen molar-refractivity contribution in [1.82, 2.24) is 0 Å². The monoisotopic (exact) mass is 425 g/mol. The van der Waals surface area contributed by atoms with E-state index in [9.17, 15) is 0 Å². The first-order valence-electron chi connectivity index (χ1n) is 8.96. The first kappa shape index (κ1) is 18.1. The maximum absolute atomic E-state index is 5.85. The molecule has 2 heteroatoms. The molecule has 0 N–H and O–H groups in total. The average Bonchev–Trinajstić information content (AvgIpc) is 3.27. The summed E-state index contributed by atoms with van der Waals surface area (Å²) in [5, 5.41) is 5.10. The van der Waals surface area contributed by atoms with E-state index in [2.05, 4.69) is 73.7 Å². The van der Waals surface area contributed by atoms with Gasteiger partial charge in [-0.3, -0.25) is 0 Å². The van der Waals surface area contributed by atoms with E-state index in [1.807, 2.05) is 19.1 Å². The molecule has 0 saturated heterocycles. The first-order valence-corrected chi connectivity index (χ1v) is 8.96. The van der Waals surface area contributed by atoms with Gasteiger partial charge in [0.25, 0.3) is 0 Å². The van der Waals surface area contributed by atoms with Crippen molar-refractivity contribution in [1.29, 1.82) is 0 Å². The third kappa shape index (κ3) is 3.03. The molecule has 1 aromatic heterocycles. The molecule has 0 atom stereocenters. The molecule has 27 heavy (non-hydrogen) atoms. The van der Waals surface area contributed by atoms with Crippen molar-refractivity contribution < 1.29 is 30.6 Å². The van der Waals surface area contributed by atoms with E-state index in [0.717, 1.165) is 17.1 Å². The molecule has 0 saturated carbocycles. The molecule has 0 aliphatic heterocycles. The van der Waals surface area contributed by atoms with Crippen LogP contribution in [0.2, 0.25) is 0 Å². The third-order valence-corrected chi connectivity index (χ3v) is 5.18.